The van der Waals surface area contributed by atoms with Gasteiger partial charge >= 0.3 is 5.97 Å². The first-order valence-electron chi connectivity index (χ1n) is 8.76. The van der Waals surface area contributed by atoms with Crippen molar-refractivity contribution in [1.29, 1.82) is 0 Å². The molecule has 0 amide bonds. The summed E-state index contributed by atoms with van der Waals surface area (Å²) in [4.78, 5) is 16.6. The van der Waals surface area contributed by atoms with E-state index in [2.05, 4.69) is 16.8 Å². The minimum atomic E-state index is -0.390. The number of nitrogens with zero attached hydrogens (tertiary/aromatic N) is 1. The number of carbonyl (C=O) groups is 1. The first-order valence-corrected chi connectivity index (χ1v) is 8.76. The summed E-state index contributed by atoms with van der Waals surface area (Å²) in [5.41, 5.74) is 2.68. The number of methoxy groups -OCH3 is 1. The van der Waals surface area contributed by atoms with Gasteiger partial charge in [-0.3, -0.25) is 4.79 Å². The van der Waals surface area contributed by atoms with Crippen molar-refractivity contribution in [2.75, 3.05) is 7.11 Å². The third kappa shape index (κ3) is 4.65. The SMILES string of the molecule is CC#CCC(C(=O)OC)c1ccc(OCc2ccc3ccccc3n2)cc1. The molecule has 0 saturated heterocycles. The molecule has 27 heavy (non-hydrogen) atoms. The Morgan fingerprint density at radius 2 is 1.85 bits per heavy atom. The maximum absolute atomic E-state index is 12.0. The zero-order valence-corrected chi connectivity index (χ0v) is 15.4. The van der Waals surface area contributed by atoms with Crippen LogP contribution >= 0.6 is 0 Å². The summed E-state index contributed by atoms with van der Waals surface area (Å²) in [6.45, 7) is 2.14. The minimum absolute atomic E-state index is 0.285. The Bertz CT molecular complexity index is 984. The average molecular weight is 359 g/mol. The van der Waals surface area contributed by atoms with E-state index in [0.717, 1.165) is 27.9 Å². The van der Waals surface area contributed by atoms with Crippen LogP contribution in [0.2, 0.25) is 0 Å². The molecule has 0 N–H and O–H groups in total. The molecular weight excluding hydrogens is 338 g/mol. The minimum Gasteiger partial charge on any atom is -0.487 e. The van der Waals surface area contributed by atoms with Crippen molar-refractivity contribution in [3.8, 4) is 17.6 Å². The molecule has 1 aromatic heterocycles. The number of fused-ring (bicyclic) bond motifs is 1. The summed E-state index contributed by atoms with van der Waals surface area (Å²) < 4.78 is 10.7. The second-order valence-corrected chi connectivity index (χ2v) is 6.06. The first-order chi connectivity index (χ1) is 13.2. The summed E-state index contributed by atoms with van der Waals surface area (Å²) in [5, 5.41) is 1.11. The number of esters is 1. The number of rotatable bonds is 6. The van der Waals surface area contributed by atoms with Crippen molar-refractivity contribution in [3.05, 3.63) is 71.9 Å². The number of hydrogen-bond acceptors (Lipinski definition) is 4. The van der Waals surface area contributed by atoms with E-state index in [9.17, 15) is 4.79 Å². The standard InChI is InChI=1S/C23H21NO3/c1-3-4-8-21(23(25)26-2)17-11-14-20(15-12-17)27-16-19-13-10-18-7-5-6-9-22(18)24-19/h5-7,9-15,21H,8,16H2,1-2H3. The zero-order valence-electron chi connectivity index (χ0n) is 15.4. The van der Waals surface area contributed by atoms with Crippen molar-refractivity contribution in [1.82, 2.24) is 4.98 Å². The van der Waals surface area contributed by atoms with Gasteiger partial charge in [-0.2, -0.15) is 0 Å². The fourth-order valence-electron chi connectivity index (χ4n) is 2.83. The smallest absolute Gasteiger partial charge is 0.314 e. The molecule has 0 aliphatic heterocycles. The van der Waals surface area contributed by atoms with Gasteiger partial charge < -0.3 is 9.47 Å². The van der Waals surface area contributed by atoms with E-state index in [1.54, 1.807) is 6.92 Å². The maximum Gasteiger partial charge on any atom is 0.314 e. The molecule has 1 heterocycles. The first kappa shape index (κ1) is 18.5. The largest absolute Gasteiger partial charge is 0.487 e. The van der Waals surface area contributed by atoms with Crippen LogP contribution in [0.4, 0.5) is 0 Å². The topological polar surface area (TPSA) is 48.4 Å². The van der Waals surface area contributed by atoms with E-state index in [1.165, 1.54) is 7.11 Å². The Labute approximate surface area is 159 Å². The van der Waals surface area contributed by atoms with Gasteiger partial charge in [0.05, 0.1) is 24.2 Å². The maximum atomic E-state index is 12.0. The van der Waals surface area contributed by atoms with Gasteiger partial charge in [0.25, 0.3) is 0 Å². The van der Waals surface area contributed by atoms with Gasteiger partial charge in [0.1, 0.15) is 12.4 Å². The molecule has 136 valence electrons. The molecule has 0 saturated carbocycles. The Morgan fingerprint density at radius 1 is 1.07 bits per heavy atom. The van der Waals surface area contributed by atoms with Gasteiger partial charge in [0, 0.05) is 11.8 Å². The normalized spacial score (nSPS) is 11.3. The molecule has 4 heteroatoms. The molecule has 4 nitrogen and oxygen atoms in total. The molecule has 1 unspecified atom stereocenters. The number of carbonyl (C=O) groups excluding carboxylic acids is 1. The predicted octanol–water partition coefficient (Wildman–Crippen LogP) is 4.48. The number of aromatic nitrogens is 1. The highest BCUT2D eigenvalue weighted by molar-refractivity contribution is 5.79. The van der Waals surface area contributed by atoms with Crippen molar-refractivity contribution in [3.63, 3.8) is 0 Å². The number of para-hydroxylation sites is 1. The van der Waals surface area contributed by atoms with Crippen LogP contribution in [0.3, 0.4) is 0 Å². The summed E-state index contributed by atoms with van der Waals surface area (Å²) >= 11 is 0. The summed E-state index contributed by atoms with van der Waals surface area (Å²) in [5.74, 6) is 5.81. The van der Waals surface area contributed by atoms with Crippen LogP contribution in [0.5, 0.6) is 5.75 Å². The molecule has 0 bridgehead atoms. The van der Waals surface area contributed by atoms with Gasteiger partial charge in [-0.1, -0.05) is 36.4 Å². The van der Waals surface area contributed by atoms with Gasteiger partial charge in [-0.15, -0.1) is 11.8 Å². The van der Waals surface area contributed by atoms with Crippen LogP contribution in [-0.2, 0) is 16.1 Å². The van der Waals surface area contributed by atoms with Gasteiger partial charge in [-0.05, 0) is 36.8 Å². The summed E-state index contributed by atoms with van der Waals surface area (Å²) in [6, 6.07) is 19.5. The predicted molar refractivity (Wildman–Crippen MR) is 105 cm³/mol. The second kappa shape index (κ2) is 8.86. The average Bonchev–Trinajstić information content (AvgIpc) is 2.73. The van der Waals surface area contributed by atoms with Crippen LogP contribution in [0.15, 0.2) is 60.7 Å². The van der Waals surface area contributed by atoms with E-state index >= 15 is 0 Å². The van der Waals surface area contributed by atoms with Gasteiger partial charge in [-0.25, -0.2) is 4.98 Å². The van der Waals surface area contributed by atoms with Crippen molar-refractivity contribution < 1.29 is 14.3 Å². The number of hydrogen-bond donors (Lipinski definition) is 0. The van der Waals surface area contributed by atoms with Crippen LogP contribution in [0.1, 0.15) is 30.5 Å². The Balaban J connectivity index is 1.68. The molecule has 0 spiro atoms. The lowest BCUT2D eigenvalue weighted by Crippen LogP contribution is -2.13. The lowest BCUT2D eigenvalue weighted by molar-refractivity contribution is -0.142. The van der Waals surface area contributed by atoms with Crippen LogP contribution in [0.25, 0.3) is 10.9 Å². The molecule has 0 radical (unpaired) electrons. The number of pyridine rings is 1. The molecular formula is C23H21NO3. The Hall–Kier alpha value is -3.32. The van der Waals surface area contributed by atoms with Crippen LogP contribution in [0, 0.1) is 11.8 Å². The molecule has 3 rings (SSSR count). The van der Waals surface area contributed by atoms with Crippen LogP contribution < -0.4 is 4.74 Å². The lowest BCUT2D eigenvalue weighted by Gasteiger charge is -2.13. The number of ether oxygens (including phenoxy) is 2. The third-order valence-electron chi connectivity index (χ3n) is 4.29. The Morgan fingerprint density at radius 3 is 2.59 bits per heavy atom. The molecule has 0 aliphatic rings. The van der Waals surface area contributed by atoms with Crippen molar-refractivity contribution in [2.45, 2.75) is 25.9 Å². The number of benzene rings is 2. The highest BCUT2D eigenvalue weighted by Gasteiger charge is 2.20. The van der Waals surface area contributed by atoms with Crippen LogP contribution in [-0.4, -0.2) is 18.1 Å². The fraction of sp³-hybridized carbons (Fsp3) is 0.217. The third-order valence-corrected chi connectivity index (χ3v) is 4.29. The summed E-state index contributed by atoms with van der Waals surface area (Å²) in [6.07, 6.45) is 0.435. The molecule has 0 aliphatic carbocycles. The molecule has 3 aromatic rings. The van der Waals surface area contributed by atoms with Crippen molar-refractivity contribution in [2.24, 2.45) is 0 Å². The van der Waals surface area contributed by atoms with E-state index in [4.69, 9.17) is 9.47 Å². The lowest BCUT2D eigenvalue weighted by atomic mass is 9.96. The zero-order chi connectivity index (χ0) is 19.1. The quantitative estimate of drug-likeness (QED) is 0.481. The van der Waals surface area contributed by atoms with E-state index < -0.39 is 5.92 Å². The van der Waals surface area contributed by atoms with E-state index in [0.29, 0.717) is 13.0 Å². The fourth-order valence-corrected chi connectivity index (χ4v) is 2.83. The summed E-state index contributed by atoms with van der Waals surface area (Å²) in [7, 11) is 1.39. The molecule has 0 fully saturated rings. The van der Waals surface area contributed by atoms with Gasteiger partial charge in [0.15, 0.2) is 0 Å². The Kier molecular flexibility index (Phi) is 6.06. The second-order valence-electron chi connectivity index (χ2n) is 6.06. The highest BCUT2D eigenvalue weighted by Crippen LogP contribution is 2.24. The monoisotopic (exact) mass is 359 g/mol. The molecule has 1 atom stereocenters. The van der Waals surface area contributed by atoms with Gasteiger partial charge in [0.2, 0.25) is 0 Å². The van der Waals surface area contributed by atoms with E-state index in [-0.39, 0.29) is 5.97 Å². The van der Waals surface area contributed by atoms with E-state index in [1.807, 2.05) is 60.7 Å². The highest BCUT2D eigenvalue weighted by atomic mass is 16.5. The van der Waals surface area contributed by atoms with Crippen molar-refractivity contribution >= 4 is 16.9 Å². The molecule has 2 aromatic carbocycles.